The molecule has 0 saturated heterocycles. The van der Waals surface area contributed by atoms with Crippen LogP contribution in [0, 0.1) is 18.8 Å². The van der Waals surface area contributed by atoms with Gasteiger partial charge in [0.25, 0.3) is 0 Å². The molecule has 1 aromatic heterocycles. The summed E-state index contributed by atoms with van der Waals surface area (Å²) in [6.07, 6.45) is -3.83. The predicted molar refractivity (Wildman–Crippen MR) is 204 cm³/mol. The van der Waals surface area contributed by atoms with E-state index in [9.17, 15) is 41.1 Å². The molecule has 4 aromatic rings. The second-order valence-corrected chi connectivity index (χ2v) is 15.2. The second kappa shape index (κ2) is 17.7. The topological polar surface area (TPSA) is 164 Å². The van der Waals surface area contributed by atoms with Gasteiger partial charge in [-0.1, -0.05) is 30.3 Å². The first-order valence-electron chi connectivity index (χ1n) is 18.6. The third kappa shape index (κ3) is 10.9. The van der Waals surface area contributed by atoms with Gasteiger partial charge in [-0.15, -0.1) is 0 Å². The summed E-state index contributed by atoms with van der Waals surface area (Å²) < 4.78 is 76.0. The van der Waals surface area contributed by atoms with Crippen LogP contribution in [0.4, 0.5) is 32.4 Å². The van der Waals surface area contributed by atoms with E-state index in [-0.39, 0.29) is 41.2 Å². The number of H-pyrrole nitrogens is 1. The number of nitrogens with one attached hydrogen (secondary N) is 4. The highest BCUT2D eigenvalue weighted by molar-refractivity contribution is 5.98. The monoisotopic (exact) mass is 812 g/mol. The zero-order valence-corrected chi connectivity index (χ0v) is 32.6. The maximum absolute atomic E-state index is 13.8. The number of rotatable bonds is 12. The van der Waals surface area contributed by atoms with E-state index in [2.05, 4.69) is 31.1 Å². The zero-order chi connectivity index (χ0) is 42.4. The number of hydrogen-bond donors (Lipinski definition) is 4. The molecule has 12 nitrogen and oxygen atoms in total. The molecule has 1 aliphatic rings. The number of halogens is 5. The smallest absolute Gasteiger partial charge is 0.461 e. The first kappa shape index (κ1) is 43.3. The van der Waals surface area contributed by atoms with Crippen LogP contribution in [0.3, 0.4) is 0 Å². The SMILES string of the molecule is COC(=O)c1ccc(-c2ccc(C[C@H](NC(=O)[C@H]3CC[C@H](CNC(=O)OC(C)(C)C)CC3)C(=O)Nc3ccc(-c4nc(C(F)(F)C(F)(F)F)n[nH]4)cc3)cc2)c(C)c1. The molecule has 0 unspecified atom stereocenters. The summed E-state index contributed by atoms with van der Waals surface area (Å²) in [6, 6.07) is 17.1. The van der Waals surface area contributed by atoms with E-state index in [0.29, 0.717) is 37.8 Å². The van der Waals surface area contributed by atoms with Crippen LogP contribution in [-0.2, 0) is 31.4 Å². The highest BCUT2D eigenvalue weighted by Gasteiger charge is 2.61. The fraction of sp³-hybridized carbons (Fsp3) is 0.415. The number of esters is 1. The molecular formula is C41H45F5N6O6. The average Bonchev–Trinajstić information content (AvgIpc) is 3.68. The van der Waals surface area contributed by atoms with Crippen molar-refractivity contribution in [3.05, 3.63) is 89.2 Å². The fourth-order valence-electron chi connectivity index (χ4n) is 6.56. The summed E-state index contributed by atoms with van der Waals surface area (Å²) >= 11 is 0. The number of amides is 3. The lowest BCUT2D eigenvalue weighted by atomic mass is 9.81. The average molecular weight is 813 g/mol. The lowest BCUT2D eigenvalue weighted by molar-refractivity contribution is -0.292. The standard InChI is InChI=1S/C41H45F5N6O6/c1-23-20-29(36(55)57-5)16-19-31(23)26-10-6-24(7-11-26)21-32(49-34(53)28-12-8-25(9-13-28)22-47-38(56)58-39(2,3)4)35(54)48-30-17-14-27(15-18-30)33-50-37(52-51-33)40(42,43)41(44,45)46/h6-7,10-11,14-20,25,28,32H,8-9,12-13,21-22H2,1-5H3,(H,47,56)(H,48,54)(H,49,53)(H,50,51,52)/t25-,28-,32-/m0/s1. The Morgan fingerprint density at radius 3 is 2.10 bits per heavy atom. The number of aromatic amines is 1. The minimum absolute atomic E-state index is 0.111. The van der Waals surface area contributed by atoms with E-state index >= 15 is 0 Å². The summed E-state index contributed by atoms with van der Waals surface area (Å²) in [5.41, 5.74) is 3.52. The molecule has 1 atom stereocenters. The van der Waals surface area contributed by atoms with Crippen LogP contribution >= 0.6 is 0 Å². The molecule has 58 heavy (non-hydrogen) atoms. The Kier molecular flexibility index (Phi) is 13.2. The van der Waals surface area contributed by atoms with E-state index < -0.39 is 47.5 Å². The van der Waals surface area contributed by atoms with Crippen molar-refractivity contribution in [2.45, 2.75) is 83.5 Å². The largest absolute Gasteiger partial charge is 0.465 e. The maximum Gasteiger partial charge on any atom is 0.461 e. The van der Waals surface area contributed by atoms with Crippen LogP contribution in [-0.4, -0.2) is 70.5 Å². The Hall–Kier alpha value is -5.87. The normalized spacial score (nSPS) is 16.5. The number of benzene rings is 3. The lowest BCUT2D eigenvalue weighted by Crippen LogP contribution is -2.48. The molecule has 310 valence electrons. The van der Waals surface area contributed by atoms with Gasteiger partial charge >= 0.3 is 24.2 Å². The summed E-state index contributed by atoms with van der Waals surface area (Å²) in [5, 5.41) is 13.6. The summed E-state index contributed by atoms with van der Waals surface area (Å²) in [5.74, 6) is -8.85. The van der Waals surface area contributed by atoms with E-state index in [0.717, 1.165) is 22.3 Å². The number of aryl methyl sites for hydroxylation is 1. The number of hydrogen-bond acceptors (Lipinski definition) is 8. The molecule has 5 rings (SSSR count). The van der Waals surface area contributed by atoms with Crippen molar-refractivity contribution >= 4 is 29.6 Å². The van der Waals surface area contributed by atoms with Gasteiger partial charge < -0.3 is 25.4 Å². The number of ether oxygens (including phenoxy) is 2. The van der Waals surface area contributed by atoms with Crippen molar-refractivity contribution in [2.75, 3.05) is 19.0 Å². The van der Waals surface area contributed by atoms with Crippen LogP contribution in [0.2, 0.25) is 0 Å². The van der Waals surface area contributed by atoms with Gasteiger partial charge in [0.05, 0.1) is 12.7 Å². The van der Waals surface area contributed by atoms with Crippen LogP contribution < -0.4 is 16.0 Å². The van der Waals surface area contributed by atoms with Crippen molar-refractivity contribution in [1.29, 1.82) is 0 Å². The first-order valence-corrected chi connectivity index (χ1v) is 18.6. The molecular weight excluding hydrogens is 767 g/mol. The molecule has 1 aliphatic carbocycles. The molecule has 3 amide bonds. The summed E-state index contributed by atoms with van der Waals surface area (Å²) in [4.78, 5) is 54.9. The highest BCUT2D eigenvalue weighted by atomic mass is 19.4. The van der Waals surface area contributed by atoms with E-state index in [1.54, 1.807) is 32.9 Å². The van der Waals surface area contributed by atoms with Gasteiger partial charge in [0.1, 0.15) is 11.6 Å². The van der Waals surface area contributed by atoms with Gasteiger partial charge in [-0.2, -0.15) is 27.1 Å². The van der Waals surface area contributed by atoms with Crippen LogP contribution in [0.5, 0.6) is 0 Å². The minimum atomic E-state index is -5.88. The van der Waals surface area contributed by atoms with Crippen molar-refractivity contribution in [2.24, 2.45) is 11.8 Å². The van der Waals surface area contributed by atoms with Gasteiger partial charge in [0.15, 0.2) is 5.82 Å². The van der Waals surface area contributed by atoms with Crippen LogP contribution in [0.15, 0.2) is 66.7 Å². The Bertz CT molecular complexity index is 2090. The number of alkyl halides is 5. The fourth-order valence-corrected chi connectivity index (χ4v) is 6.56. The highest BCUT2D eigenvalue weighted by Crippen LogP contribution is 2.42. The summed E-state index contributed by atoms with van der Waals surface area (Å²) in [7, 11) is 1.31. The first-order chi connectivity index (χ1) is 27.2. The third-order valence-corrected chi connectivity index (χ3v) is 9.68. The van der Waals surface area contributed by atoms with Gasteiger partial charge in [-0.3, -0.25) is 14.7 Å². The number of aromatic nitrogens is 3. The Labute approximate surface area is 331 Å². The van der Waals surface area contributed by atoms with Gasteiger partial charge in [0.2, 0.25) is 17.6 Å². The Morgan fingerprint density at radius 2 is 1.52 bits per heavy atom. The number of methoxy groups -OCH3 is 1. The van der Waals surface area contributed by atoms with Crippen LogP contribution in [0.1, 0.15) is 73.8 Å². The third-order valence-electron chi connectivity index (χ3n) is 9.68. The van der Waals surface area contributed by atoms with Crippen molar-refractivity contribution < 1.29 is 50.6 Å². The van der Waals surface area contributed by atoms with E-state index in [4.69, 9.17) is 9.47 Å². The van der Waals surface area contributed by atoms with Gasteiger partial charge in [-0.05, 0) is 118 Å². The predicted octanol–water partition coefficient (Wildman–Crippen LogP) is 7.88. The molecule has 0 bridgehead atoms. The number of nitrogens with zero attached hydrogens (tertiary/aromatic N) is 2. The molecule has 0 spiro atoms. The molecule has 3 aromatic carbocycles. The molecule has 17 heteroatoms. The molecule has 1 heterocycles. The van der Waals surface area contributed by atoms with Crippen LogP contribution in [0.25, 0.3) is 22.5 Å². The molecule has 1 fully saturated rings. The van der Waals surface area contributed by atoms with Gasteiger partial charge in [0, 0.05) is 30.1 Å². The van der Waals surface area contributed by atoms with E-state index in [1.807, 2.05) is 37.3 Å². The molecule has 0 aliphatic heterocycles. The van der Waals surface area contributed by atoms with Crippen molar-refractivity contribution in [3.63, 3.8) is 0 Å². The molecule has 4 N–H and O–H groups in total. The van der Waals surface area contributed by atoms with Gasteiger partial charge in [-0.25, -0.2) is 14.6 Å². The second-order valence-electron chi connectivity index (χ2n) is 15.2. The van der Waals surface area contributed by atoms with Crippen molar-refractivity contribution in [1.82, 2.24) is 25.8 Å². The zero-order valence-electron chi connectivity index (χ0n) is 32.6. The number of alkyl carbamates (subject to hydrolysis) is 1. The number of carbonyl (C=O) groups excluding carboxylic acids is 4. The maximum atomic E-state index is 13.8. The summed E-state index contributed by atoms with van der Waals surface area (Å²) in [6.45, 7) is 7.62. The Balaban J connectivity index is 1.28. The lowest BCUT2D eigenvalue weighted by Gasteiger charge is -2.29. The van der Waals surface area contributed by atoms with E-state index in [1.165, 1.54) is 31.4 Å². The minimum Gasteiger partial charge on any atom is -0.465 e. The molecule has 1 saturated carbocycles. The number of carbonyl (C=O) groups is 4. The Morgan fingerprint density at radius 1 is 0.879 bits per heavy atom. The molecule has 0 radical (unpaired) electrons. The quantitative estimate of drug-likeness (QED) is 0.0829. The van der Waals surface area contributed by atoms with Crippen molar-refractivity contribution in [3.8, 4) is 22.5 Å². The number of anilines is 1.